The van der Waals surface area contributed by atoms with Crippen molar-refractivity contribution in [1.29, 1.82) is 0 Å². The highest BCUT2D eigenvalue weighted by atomic mass is 32.2. The molecule has 0 radical (unpaired) electrons. The highest BCUT2D eigenvalue weighted by Crippen LogP contribution is 2.52. The fourth-order valence-electron chi connectivity index (χ4n) is 1.47. The van der Waals surface area contributed by atoms with Crippen LogP contribution >= 0.6 is 19.4 Å². The van der Waals surface area contributed by atoms with Crippen LogP contribution < -0.4 is 0 Å². The Morgan fingerprint density at radius 3 is 2.55 bits per heavy atom. The van der Waals surface area contributed by atoms with Crippen LogP contribution in [-0.4, -0.2) is 35.4 Å². The molecule has 1 rings (SSSR count). The van der Waals surface area contributed by atoms with Gasteiger partial charge in [-0.2, -0.15) is 18.3 Å². The molecule has 1 heterocycles. The quantitative estimate of drug-likeness (QED) is 0.565. The lowest BCUT2D eigenvalue weighted by atomic mass is 10.5. The number of aromatic nitrogens is 2. The summed E-state index contributed by atoms with van der Waals surface area (Å²) in [7, 11) is -2.17. The van der Waals surface area contributed by atoms with Crippen LogP contribution in [0.4, 0.5) is 13.2 Å². The van der Waals surface area contributed by atoms with Crippen molar-refractivity contribution < 1.29 is 26.8 Å². The van der Waals surface area contributed by atoms with Gasteiger partial charge in [0.1, 0.15) is 0 Å². The molecule has 5 nitrogen and oxygen atoms in total. The summed E-state index contributed by atoms with van der Waals surface area (Å²) < 4.78 is 59.6. The van der Waals surface area contributed by atoms with Crippen molar-refractivity contribution in [3.63, 3.8) is 0 Å². The fraction of sp³-hybridized carbons (Fsp3) is 0.700. The molecule has 0 spiro atoms. The Bertz CT molecular complexity index is 493. The maximum atomic E-state index is 12.2. The lowest BCUT2D eigenvalue weighted by Gasteiger charge is -2.17. The molecule has 0 saturated heterocycles. The number of hydrogen-bond donors (Lipinski definition) is 0. The van der Waals surface area contributed by atoms with Gasteiger partial charge in [0, 0.05) is 7.05 Å². The van der Waals surface area contributed by atoms with Gasteiger partial charge in [-0.15, -0.1) is 11.8 Å². The van der Waals surface area contributed by atoms with Crippen LogP contribution in [-0.2, 0) is 26.8 Å². The molecule has 1 unspecified atom stereocenters. The van der Waals surface area contributed by atoms with Gasteiger partial charge >= 0.3 is 13.8 Å². The molecule has 0 N–H and O–H groups in total. The number of thioether (sulfide) groups is 1. The minimum atomic E-state index is -4.55. The Morgan fingerprint density at radius 2 is 2.10 bits per heavy atom. The first-order chi connectivity index (χ1) is 9.19. The first-order valence-electron chi connectivity index (χ1n) is 5.71. The number of hydrogen-bond acceptors (Lipinski definition) is 5. The molecule has 0 amide bonds. The van der Waals surface area contributed by atoms with Crippen molar-refractivity contribution >= 4 is 19.4 Å². The number of alkyl halides is 3. The van der Waals surface area contributed by atoms with E-state index in [1.807, 2.05) is 6.26 Å². The van der Waals surface area contributed by atoms with Gasteiger partial charge in [-0.25, -0.2) is 0 Å². The van der Waals surface area contributed by atoms with E-state index >= 15 is 0 Å². The summed E-state index contributed by atoms with van der Waals surface area (Å²) >= 11 is 1.42. The van der Waals surface area contributed by atoms with E-state index in [4.69, 9.17) is 4.52 Å². The molecule has 0 bridgehead atoms. The smallest absolute Gasteiger partial charge is 0.309 e. The summed E-state index contributed by atoms with van der Waals surface area (Å²) in [5, 5.41) is 4.88. The van der Waals surface area contributed by atoms with Crippen molar-refractivity contribution in [2.75, 3.05) is 19.5 Å². The van der Waals surface area contributed by atoms with Gasteiger partial charge in [-0.1, -0.05) is 0 Å². The monoisotopic (exact) mass is 332 g/mol. The molecule has 1 aromatic rings. The summed E-state index contributed by atoms with van der Waals surface area (Å²) in [6.45, 7) is -0.0702. The SMILES string of the molecule is CCOP(=O)(Cc1cc(SC)n(C)n1)OCC(F)(F)F. The lowest BCUT2D eigenvalue weighted by molar-refractivity contribution is -0.155. The van der Waals surface area contributed by atoms with Gasteiger partial charge < -0.3 is 4.52 Å². The third kappa shape index (κ3) is 5.47. The second kappa shape index (κ2) is 6.98. The molecule has 0 fully saturated rings. The fourth-order valence-corrected chi connectivity index (χ4v) is 3.57. The molecule has 1 aromatic heterocycles. The second-order valence-corrected chi connectivity index (χ2v) is 6.76. The number of halogens is 3. The molecular formula is C10H16F3N2O3PS. The Balaban J connectivity index is 2.81. The summed E-state index contributed by atoms with van der Waals surface area (Å²) in [5.74, 6) is 0. The highest BCUT2D eigenvalue weighted by Gasteiger charge is 2.35. The molecule has 10 heteroatoms. The predicted molar refractivity (Wildman–Crippen MR) is 69.9 cm³/mol. The predicted octanol–water partition coefficient (Wildman–Crippen LogP) is 3.45. The van der Waals surface area contributed by atoms with Crippen LogP contribution in [0.3, 0.4) is 0 Å². The standard InChI is InChI=1S/C10H16F3N2O3PS/c1-4-17-19(16,18-7-10(11,12)13)6-8-5-9(20-3)15(2)14-8/h5H,4,6-7H2,1-3H3. The van der Waals surface area contributed by atoms with E-state index in [0.29, 0.717) is 5.69 Å². The molecule has 116 valence electrons. The average Bonchev–Trinajstić information content (AvgIpc) is 2.66. The van der Waals surface area contributed by atoms with E-state index in [9.17, 15) is 17.7 Å². The minimum Gasteiger partial charge on any atom is -0.309 e. The summed E-state index contributed by atoms with van der Waals surface area (Å²) in [6, 6.07) is 1.65. The first-order valence-corrected chi connectivity index (χ1v) is 8.66. The summed E-state index contributed by atoms with van der Waals surface area (Å²) in [6.07, 6.45) is -3.00. The Labute approximate surface area is 119 Å². The minimum absolute atomic E-state index is 0.00263. The molecular weight excluding hydrogens is 316 g/mol. The molecule has 0 aromatic carbocycles. The Hall–Kier alpha value is -0.500. The maximum absolute atomic E-state index is 12.2. The van der Waals surface area contributed by atoms with E-state index in [0.717, 1.165) is 5.03 Å². The lowest BCUT2D eigenvalue weighted by Crippen LogP contribution is -2.17. The van der Waals surface area contributed by atoms with Crippen molar-refractivity contribution in [3.05, 3.63) is 11.8 Å². The third-order valence-electron chi connectivity index (χ3n) is 2.20. The van der Waals surface area contributed by atoms with Crippen molar-refractivity contribution in [2.24, 2.45) is 7.05 Å². The first kappa shape index (κ1) is 17.6. The van der Waals surface area contributed by atoms with E-state index in [2.05, 4.69) is 9.62 Å². The Kier molecular flexibility index (Phi) is 6.12. The molecule has 20 heavy (non-hydrogen) atoms. The van der Waals surface area contributed by atoms with Gasteiger partial charge in [-0.05, 0) is 19.2 Å². The second-order valence-electron chi connectivity index (χ2n) is 3.88. The number of rotatable bonds is 7. The Morgan fingerprint density at radius 1 is 1.45 bits per heavy atom. The van der Waals surface area contributed by atoms with E-state index in [1.54, 1.807) is 17.8 Å². The van der Waals surface area contributed by atoms with Crippen LogP contribution in [0.1, 0.15) is 12.6 Å². The van der Waals surface area contributed by atoms with Gasteiger partial charge in [0.05, 0.1) is 23.5 Å². The molecule has 0 aliphatic rings. The summed E-state index contributed by atoms with van der Waals surface area (Å²) in [4.78, 5) is 0. The maximum Gasteiger partial charge on any atom is 0.412 e. The molecule has 0 aliphatic heterocycles. The highest BCUT2D eigenvalue weighted by molar-refractivity contribution is 7.98. The van der Waals surface area contributed by atoms with Gasteiger partial charge in [0.15, 0.2) is 6.61 Å². The van der Waals surface area contributed by atoms with Gasteiger partial charge in [0.25, 0.3) is 0 Å². The molecule has 0 saturated carbocycles. The van der Waals surface area contributed by atoms with Crippen LogP contribution in [0.2, 0.25) is 0 Å². The van der Waals surface area contributed by atoms with E-state index in [-0.39, 0.29) is 12.8 Å². The van der Waals surface area contributed by atoms with E-state index < -0.39 is 20.4 Å². The zero-order chi connectivity index (χ0) is 15.4. The average molecular weight is 332 g/mol. The van der Waals surface area contributed by atoms with Crippen LogP contribution in [0.15, 0.2) is 11.1 Å². The zero-order valence-electron chi connectivity index (χ0n) is 11.3. The largest absolute Gasteiger partial charge is 0.412 e. The van der Waals surface area contributed by atoms with Gasteiger partial charge in [-0.3, -0.25) is 13.8 Å². The molecule has 1 atom stereocenters. The van der Waals surface area contributed by atoms with Crippen molar-refractivity contribution in [3.8, 4) is 0 Å². The van der Waals surface area contributed by atoms with Crippen LogP contribution in [0, 0.1) is 0 Å². The summed E-state index contributed by atoms with van der Waals surface area (Å²) in [5.41, 5.74) is 0.371. The van der Waals surface area contributed by atoms with Crippen molar-refractivity contribution in [1.82, 2.24) is 9.78 Å². The van der Waals surface area contributed by atoms with Gasteiger partial charge in [0.2, 0.25) is 0 Å². The normalized spacial score (nSPS) is 15.3. The zero-order valence-corrected chi connectivity index (χ0v) is 13.0. The number of aryl methyl sites for hydroxylation is 1. The van der Waals surface area contributed by atoms with Crippen LogP contribution in [0.5, 0.6) is 0 Å². The van der Waals surface area contributed by atoms with E-state index in [1.165, 1.54) is 18.7 Å². The third-order valence-corrected chi connectivity index (χ3v) is 4.89. The number of nitrogens with zero attached hydrogens (tertiary/aromatic N) is 2. The topological polar surface area (TPSA) is 53.4 Å². The van der Waals surface area contributed by atoms with Crippen molar-refractivity contribution in [2.45, 2.75) is 24.3 Å². The van der Waals surface area contributed by atoms with Crippen LogP contribution in [0.25, 0.3) is 0 Å². The molecule has 0 aliphatic carbocycles.